The van der Waals surface area contributed by atoms with E-state index < -0.39 is 4.92 Å². The first kappa shape index (κ1) is 16.5. The molecule has 1 aliphatic rings. The van der Waals surface area contributed by atoms with Gasteiger partial charge in [0.05, 0.1) is 28.0 Å². The Morgan fingerprint density at radius 3 is 2.88 bits per heavy atom. The molecule has 1 N–H and O–H groups in total. The van der Waals surface area contributed by atoms with Crippen LogP contribution >= 0.6 is 22.9 Å². The van der Waals surface area contributed by atoms with Gasteiger partial charge in [-0.1, -0.05) is 22.9 Å². The molecule has 126 valence electrons. The molecule has 2 heterocycles. The summed E-state index contributed by atoms with van der Waals surface area (Å²) in [5, 5.41) is 13.7. The van der Waals surface area contributed by atoms with E-state index >= 15 is 0 Å². The number of rotatable bonds is 4. The first-order valence-electron chi connectivity index (χ1n) is 7.15. The highest BCUT2D eigenvalue weighted by Gasteiger charge is 2.17. The first-order valence-corrected chi connectivity index (χ1v) is 8.34. The molecule has 24 heavy (non-hydrogen) atoms. The number of benzene rings is 1. The molecule has 0 saturated carbocycles. The lowest BCUT2D eigenvalue weighted by Crippen LogP contribution is -2.21. The van der Waals surface area contributed by atoms with Crippen LogP contribution in [0.5, 0.6) is 11.5 Å². The molecule has 0 atom stereocenters. The summed E-state index contributed by atoms with van der Waals surface area (Å²) in [4.78, 5) is 22.5. The fourth-order valence-electron chi connectivity index (χ4n) is 2.20. The van der Waals surface area contributed by atoms with Crippen LogP contribution in [0.2, 0.25) is 5.02 Å². The lowest BCUT2D eigenvalue weighted by atomic mass is 10.2. The topological polar surface area (TPSA) is 90.7 Å². The average Bonchev–Trinajstić information content (AvgIpc) is 2.93. The van der Waals surface area contributed by atoms with Crippen molar-refractivity contribution < 1.29 is 19.2 Å². The third-order valence-electron chi connectivity index (χ3n) is 3.31. The molecule has 0 bridgehead atoms. The van der Waals surface area contributed by atoms with Crippen LogP contribution < -0.4 is 14.8 Å². The van der Waals surface area contributed by atoms with Gasteiger partial charge in [-0.2, -0.15) is 0 Å². The SMILES string of the molecule is O=C(NCc1cc(Cl)c2c(c1)OCCCO2)c1ccc([N+](=O)[O-])s1. The normalized spacial score (nSPS) is 13.2. The number of nitrogens with one attached hydrogen (secondary N) is 1. The zero-order valence-corrected chi connectivity index (χ0v) is 14.0. The number of carbonyl (C=O) groups is 1. The monoisotopic (exact) mass is 368 g/mol. The van der Waals surface area contributed by atoms with Crippen LogP contribution in [0, 0.1) is 10.1 Å². The Labute approximate surface area is 146 Å². The van der Waals surface area contributed by atoms with Crippen molar-refractivity contribution in [1.82, 2.24) is 5.32 Å². The summed E-state index contributed by atoms with van der Waals surface area (Å²) in [6.07, 6.45) is 0.772. The highest BCUT2D eigenvalue weighted by atomic mass is 35.5. The summed E-state index contributed by atoms with van der Waals surface area (Å²) in [5.74, 6) is 0.686. The van der Waals surface area contributed by atoms with Crippen molar-refractivity contribution in [1.29, 1.82) is 0 Å². The van der Waals surface area contributed by atoms with Crippen molar-refractivity contribution >= 4 is 33.8 Å². The fraction of sp³-hybridized carbons (Fsp3) is 0.267. The minimum absolute atomic E-state index is 0.0706. The van der Waals surface area contributed by atoms with Crippen molar-refractivity contribution in [2.45, 2.75) is 13.0 Å². The Bertz CT molecular complexity index is 792. The van der Waals surface area contributed by atoms with Gasteiger partial charge in [0.25, 0.3) is 5.91 Å². The number of ether oxygens (including phenoxy) is 2. The molecular weight excluding hydrogens is 356 g/mol. The number of halogens is 1. The molecule has 1 aromatic carbocycles. The van der Waals surface area contributed by atoms with E-state index in [2.05, 4.69) is 5.32 Å². The maximum absolute atomic E-state index is 12.1. The largest absolute Gasteiger partial charge is 0.489 e. The molecule has 0 radical (unpaired) electrons. The molecular formula is C15H13ClN2O5S. The predicted molar refractivity (Wildman–Crippen MR) is 89.2 cm³/mol. The Morgan fingerprint density at radius 1 is 1.33 bits per heavy atom. The standard InChI is InChI=1S/C15H13ClN2O5S/c16-10-6-9(7-11-14(10)23-5-1-4-22-11)8-17-15(19)12-2-3-13(24-12)18(20)21/h2-3,6-7H,1,4-5,8H2,(H,17,19). The number of hydrogen-bond donors (Lipinski definition) is 1. The zero-order valence-electron chi connectivity index (χ0n) is 12.4. The predicted octanol–water partition coefficient (Wildman–Crippen LogP) is 3.40. The molecule has 0 saturated heterocycles. The van der Waals surface area contributed by atoms with Crippen molar-refractivity contribution in [3.05, 3.63) is 49.8 Å². The lowest BCUT2D eigenvalue weighted by molar-refractivity contribution is -0.380. The number of nitro groups is 1. The van der Waals surface area contributed by atoms with Crippen molar-refractivity contribution in [3.8, 4) is 11.5 Å². The summed E-state index contributed by atoms with van der Waals surface area (Å²) in [6.45, 7) is 1.30. The van der Waals surface area contributed by atoms with Gasteiger partial charge in [-0.3, -0.25) is 14.9 Å². The van der Waals surface area contributed by atoms with Gasteiger partial charge in [0.15, 0.2) is 11.5 Å². The average molecular weight is 369 g/mol. The van der Waals surface area contributed by atoms with Crippen LogP contribution in [0.3, 0.4) is 0 Å². The van der Waals surface area contributed by atoms with E-state index in [9.17, 15) is 14.9 Å². The molecule has 1 aliphatic heterocycles. The lowest BCUT2D eigenvalue weighted by Gasteiger charge is -2.12. The van der Waals surface area contributed by atoms with E-state index in [4.69, 9.17) is 21.1 Å². The summed E-state index contributed by atoms with van der Waals surface area (Å²) in [6, 6.07) is 6.21. The van der Waals surface area contributed by atoms with Gasteiger partial charge in [0.1, 0.15) is 0 Å². The quantitative estimate of drug-likeness (QED) is 0.659. The van der Waals surface area contributed by atoms with Crippen LogP contribution in [0.25, 0.3) is 0 Å². The van der Waals surface area contributed by atoms with Crippen LogP contribution in [0.15, 0.2) is 24.3 Å². The molecule has 0 spiro atoms. The second-order valence-electron chi connectivity index (χ2n) is 5.03. The number of fused-ring (bicyclic) bond motifs is 1. The summed E-state index contributed by atoms with van der Waals surface area (Å²) in [5.41, 5.74) is 0.753. The summed E-state index contributed by atoms with van der Waals surface area (Å²) < 4.78 is 11.1. The number of amides is 1. The van der Waals surface area contributed by atoms with E-state index in [-0.39, 0.29) is 22.3 Å². The summed E-state index contributed by atoms with van der Waals surface area (Å²) in [7, 11) is 0. The van der Waals surface area contributed by atoms with Crippen LogP contribution in [-0.4, -0.2) is 24.0 Å². The zero-order chi connectivity index (χ0) is 17.1. The minimum Gasteiger partial charge on any atom is -0.489 e. The van der Waals surface area contributed by atoms with Crippen LogP contribution in [-0.2, 0) is 6.54 Å². The van der Waals surface area contributed by atoms with E-state index in [1.54, 1.807) is 12.1 Å². The molecule has 1 aromatic heterocycles. The van der Waals surface area contributed by atoms with E-state index in [0.29, 0.717) is 29.7 Å². The molecule has 7 nitrogen and oxygen atoms in total. The molecule has 0 fully saturated rings. The van der Waals surface area contributed by atoms with Gasteiger partial charge in [-0.05, 0) is 23.8 Å². The van der Waals surface area contributed by atoms with Gasteiger partial charge >= 0.3 is 5.00 Å². The maximum Gasteiger partial charge on any atom is 0.324 e. The van der Waals surface area contributed by atoms with Gasteiger partial charge in [0.2, 0.25) is 0 Å². The van der Waals surface area contributed by atoms with Gasteiger partial charge in [-0.25, -0.2) is 0 Å². The molecule has 2 aromatic rings. The molecule has 0 unspecified atom stereocenters. The highest BCUT2D eigenvalue weighted by Crippen LogP contribution is 2.38. The van der Waals surface area contributed by atoms with Gasteiger partial charge in [0, 0.05) is 19.0 Å². The minimum atomic E-state index is -0.523. The first-order chi connectivity index (χ1) is 11.5. The van der Waals surface area contributed by atoms with Crippen molar-refractivity contribution in [2.75, 3.05) is 13.2 Å². The molecule has 9 heteroatoms. The van der Waals surface area contributed by atoms with Gasteiger partial charge in [-0.15, -0.1) is 0 Å². The molecule has 1 amide bonds. The van der Waals surface area contributed by atoms with Crippen LogP contribution in [0.1, 0.15) is 21.7 Å². The molecule has 0 aliphatic carbocycles. The maximum atomic E-state index is 12.1. The number of hydrogen-bond acceptors (Lipinski definition) is 6. The Balaban J connectivity index is 1.70. The highest BCUT2D eigenvalue weighted by molar-refractivity contribution is 7.17. The third kappa shape index (κ3) is 3.60. The molecule has 3 rings (SSSR count). The van der Waals surface area contributed by atoms with E-state index in [1.807, 2.05) is 0 Å². The third-order valence-corrected chi connectivity index (χ3v) is 4.63. The Hall–Kier alpha value is -2.32. The van der Waals surface area contributed by atoms with E-state index in [0.717, 1.165) is 23.3 Å². The summed E-state index contributed by atoms with van der Waals surface area (Å²) >= 11 is 7.03. The van der Waals surface area contributed by atoms with Gasteiger partial charge < -0.3 is 14.8 Å². The van der Waals surface area contributed by atoms with Crippen LogP contribution in [0.4, 0.5) is 5.00 Å². The number of carbonyl (C=O) groups excluding carboxylic acids is 1. The number of thiophene rings is 1. The fourth-order valence-corrected chi connectivity index (χ4v) is 3.23. The van der Waals surface area contributed by atoms with Crippen molar-refractivity contribution in [3.63, 3.8) is 0 Å². The second kappa shape index (κ2) is 7.06. The smallest absolute Gasteiger partial charge is 0.324 e. The van der Waals surface area contributed by atoms with E-state index in [1.165, 1.54) is 12.1 Å². The number of nitrogens with zero attached hydrogens (tertiary/aromatic N) is 1. The second-order valence-corrected chi connectivity index (χ2v) is 6.50. The van der Waals surface area contributed by atoms with Crippen molar-refractivity contribution in [2.24, 2.45) is 0 Å². The Morgan fingerprint density at radius 2 is 2.12 bits per heavy atom. The Kier molecular flexibility index (Phi) is 4.86.